The zero-order valence-corrected chi connectivity index (χ0v) is 13.3. The summed E-state index contributed by atoms with van der Waals surface area (Å²) >= 11 is 0. The van der Waals surface area contributed by atoms with Gasteiger partial charge in [-0.2, -0.15) is 10.1 Å². The van der Waals surface area contributed by atoms with E-state index in [9.17, 15) is 4.79 Å². The maximum atomic E-state index is 12.7. The van der Waals surface area contributed by atoms with Crippen LogP contribution < -0.4 is 5.32 Å². The van der Waals surface area contributed by atoms with Crippen LogP contribution in [0.3, 0.4) is 0 Å². The Hall–Kier alpha value is -2.70. The maximum absolute atomic E-state index is 12.7. The van der Waals surface area contributed by atoms with Gasteiger partial charge < -0.3 is 9.73 Å². The van der Waals surface area contributed by atoms with E-state index >= 15 is 0 Å². The molecule has 3 aromatic heterocycles. The molecule has 0 saturated heterocycles. The van der Waals surface area contributed by atoms with Gasteiger partial charge in [0.1, 0.15) is 17.9 Å². The van der Waals surface area contributed by atoms with E-state index in [0.717, 1.165) is 18.4 Å². The minimum atomic E-state index is -0.256. The van der Waals surface area contributed by atoms with Crippen LogP contribution in [0.4, 0.5) is 5.82 Å². The summed E-state index contributed by atoms with van der Waals surface area (Å²) in [5, 5.41) is 8.11. The number of nitrogens with zero attached hydrogens (tertiary/aromatic N) is 4. The Morgan fingerprint density at radius 3 is 2.78 bits per heavy atom. The van der Waals surface area contributed by atoms with Gasteiger partial charge in [0, 0.05) is 11.7 Å². The van der Waals surface area contributed by atoms with Gasteiger partial charge in [-0.05, 0) is 39.2 Å². The highest BCUT2D eigenvalue weighted by molar-refractivity contribution is 6.09. The van der Waals surface area contributed by atoms with Crippen molar-refractivity contribution in [2.24, 2.45) is 0 Å². The Balaban J connectivity index is 1.85. The number of nitrogens with one attached hydrogen (secondary N) is 1. The van der Waals surface area contributed by atoms with Crippen molar-refractivity contribution in [3.05, 3.63) is 35.6 Å². The van der Waals surface area contributed by atoms with Gasteiger partial charge in [-0.1, -0.05) is 0 Å². The Kier molecular flexibility index (Phi) is 2.81. The number of hydrogen-bond acceptors (Lipinski definition) is 6. The van der Waals surface area contributed by atoms with Gasteiger partial charge in [0.2, 0.25) is 5.71 Å². The van der Waals surface area contributed by atoms with Crippen molar-refractivity contribution in [1.82, 2.24) is 19.7 Å². The molecule has 0 bridgehead atoms. The lowest BCUT2D eigenvalue weighted by molar-refractivity contribution is 0.0946. The van der Waals surface area contributed by atoms with Crippen molar-refractivity contribution in [2.75, 3.05) is 5.32 Å². The topological polar surface area (TPSA) is 85.8 Å². The van der Waals surface area contributed by atoms with Crippen molar-refractivity contribution in [3.8, 4) is 0 Å². The van der Waals surface area contributed by atoms with Crippen molar-refractivity contribution < 1.29 is 9.21 Å². The standard InChI is InChI=1S/C16H17N5O2/c1-9-6-17-21(7-9)15(22)11-8-23-14-12(11)13(18-10(2)19-14)20-16(3)4-5-16/h6-8H,4-5H2,1-3H3,(H,18,19,20). The van der Waals surface area contributed by atoms with Crippen molar-refractivity contribution in [3.63, 3.8) is 0 Å². The second kappa shape index (κ2) is 4.65. The van der Waals surface area contributed by atoms with Crippen LogP contribution in [0.25, 0.3) is 11.1 Å². The molecule has 1 fully saturated rings. The smallest absolute Gasteiger partial charge is 0.282 e. The number of rotatable bonds is 3. The number of hydrogen-bond donors (Lipinski definition) is 1. The summed E-state index contributed by atoms with van der Waals surface area (Å²) in [6, 6.07) is 0. The van der Waals surface area contributed by atoms with Crippen molar-refractivity contribution >= 4 is 22.8 Å². The van der Waals surface area contributed by atoms with Gasteiger partial charge in [-0.15, -0.1) is 0 Å². The fourth-order valence-electron chi connectivity index (χ4n) is 2.54. The average Bonchev–Trinajstić information content (AvgIpc) is 2.89. The molecule has 23 heavy (non-hydrogen) atoms. The summed E-state index contributed by atoms with van der Waals surface area (Å²) in [6.45, 7) is 5.83. The van der Waals surface area contributed by atoms with E-state index in [4.69, 9.17) is 4.42 Å². The molecule has 4 rings (SSSR count). The third kappa shape index (κ3) is 2.38. The maximum Gasteiger partial charge on any atom is 0.282 e. The SMILES string of the molecule is Cc1cnn(C(=O)c2coc3nc(C)nc(NC4(C)CC4)c23)c1. The van der Waals surface area contributed by atoms with Crippen molar-refractivity contribution in [1.29, 1.82) is 0 Å². The number of anilines is 1. The van der Waals surface area contributed by atoms with Gasteiger partial charge in [-0.25, -0.2) is 9.67 Å². The van der Waals surface area contributed by atoms with Crippen molar-refractivity contribution in [2.45, 2.75) is 39.2 Å². The fraction of sp³-hybridized carbons (Fsp3) is 0.375. The lowest BCUT2D eigenvalue weighted by Gasteiger charge is -2.13. The first-order chi connectivity index (χ1) is 11.0. The number of aromatic nitrogens is 4. The van der Waals surface area contributed by atoms with Gasteiger partial charge in [0.05, 0.1) is 17.1 Å². The predicted molar refractivity (Wildman–Crippen MR) is 84.5 cm³/mol. The van der Waals surface area contributed by atoms with Crippen LogP contribution in [0.2, 0.25) is 0 Å². The summed E-state index contributed by atoms with van der Waals surface area (Å²) in [7, 11) is 0. The van der Waals surface area contributed by atoms with Crippen LogP contribution in [0.5, 0.6) is 0 Å². The number of aryl methyl sites for hydroxylation is 2. The van der Waals surface area contributed by atoms with E-state index in [1.807, 2.05) is 6.92 Å². The Labute approximate surface area is 132 Å². The first kappa shape index (κ1) is 13.9. The zero-order valence-electron chi connectivity index (χ0n) is 13.3. The normalized spacial score (nSPS) is 15.8. The molecule has 3 heterocycles. The third-order valence-corrected chi connectivity index (χ3v) is 4.12. The van der Waals surface area contributed by atoms with Crippen LogP contribution in [-0.2, 0) is 0 Å². The lowest BCUT2D eigenvalue weighted by atomic mass is 10.2. The average molecular weight is 311 g/mol. The Bertz CT molecular complexity index is 920. The number of fused-ring (bicyclic) bond motifs is 1. The minimum Gasteiger partial charge on any atom is -0.445 e. The van der Waals surface area contributed by atoms with E-state index in [1.165, 1.54) is 10.9 Å². The second-order valence-electron chi connectivity index (χ2n) is 6.40. The summed E-state index contributed by atoms with van der Waals surface area (Å²) in [5.41, 5.74) is 1.78. The van der Waals surface area contributed by atoms with Crippen LogP contribution >= 0.6 is 0 Å². The molecule has 7 nitrogen and oxygen atoms in total. The largest absolute Gasteiger partial charge is 0.445 e. The van der Waals surface area contributed by atoms with Gasteiger partial charge >= 0.3 is 0 Å². The molecule has 7 heteroatoms. The summed E-state index contributed by atoms with van der Waals surface area (Å²) in [5.74, 6) is 0.995. The summed E-state index contributed by atoms with van der Waals surface area (Å²) in [4.78, 5) is 21.5. The number of carbonyl (C=O) groups is 1. The van der Waals surface area contributed by atoms with Gasteiger partial charge in [-0.3, -0.25) is 4.79 Å². The molecular weight excluding hydrogens is 294 g/mol. The van der Waals surface area contributed by atoms with Crippen LogP contribution in [-0.4, -0.2) is 31.2 Å². The quantitative estimate of drug-likeness (QED) is 0.800. The molecule has 0 atom stereocenters. The molecule has 118 valence electrons. The molecule has 0 aliphatic heterocycles. The molecule has 1 N–H and O–H groups in total. The van der Waals surface area contributed by atoms with E-state index in [2.05, 4.69) is 27.3 Å². The predicted octanol–water partition coefficient (Wildman–Crippen LogP) is 2.69. The molecule has 0 aromatic carbocycles. The van der Waals surface area contributed by atoms with E-state index in [-0.39, 0.29) is 11.4 Å². The number of furan rings is 1. The van der Waals surface area contributed by atoms with Crippen LogP contribution in [0.1, 0.15) is 41.5 Å². The third-order valence-electron chi connectivity index (χ3n) is 4.12. The molecule has 1 saturated carbocycles. The highest BCUT2D eigenvalue weighted by Gasteiger charge is 2.38. The molecular formula is C16H17N5O2. The van der Waals surface area contributed by atoms with Crippen LogP contribution in [0.15, 0.2) is 23.1 Å². The lowest BCUT2D eigenvalue weighted by Crippen LogP contribution is -2.19. The molecule has 0 radical (unpaired) electrons. The first-order valence-electron chi connectivity index (χ1n) is 7.55. The molecule has 0 unspecified atom stereocenters. The molecule has 1 aliphatic carbocycles. The second-order valence-corrected chi connectivity index (χ2v) is 6.40. The Morgan fingerprint density at radius 1 is 1.35 bits per heavy atom. The molecule has 3 aromatic rings. The zero-order chi connectivity index (χ0) is 16.2. The minimum absolute atomic E-state index is 0.0353. The summed E-state index contributed by atoms with van der Waals surface area (Å²) in [6.07, 6.45) is 6.92. The monoisotopic (exact) mass is 311 g/mol. The van der Waals surface area contributed by atoms with E-state index in [0.29, 0.717) is 28.3 Å². The van der Waals surface area contributed by atoms with Gasteiger partial charge in [0.25, 0.3) is 5.91 Å². The van der Waals surface area contributed by atoms with E-state index in [1.54, 1.807) is 19.3 Å². The fourth-order valence-corrected chi connectivity index (χ4v) is 2.54. The van der Waals surface area contributed by atoms with Gasteiger partial charge in [0.15, 0.2) is 0 Å². The Morgan fingerprint density at radius 2 is 2.13 bits per heavy atom. The first-order valence-corrected chi connectivity index (χ1v) is 7.55. The summed E-state index contributed by atoms with van der Waals surface area (Å²) < 4.78 is 6.81. The molecule has 0 amide bonds. The molecule has 0 spiro atoms. The van der Waals surface area contributed by atoms with E-state index < -0.39 is 0 Å². The molecule has 1 aliphatic rings. The highest BCUT2D eigenvalue weighted by atomic mass is 16.3. The van der Waals surface area contributed by atoms with Crippen LogP contribution in [0, 0.1) is 13.8 Å². The highest BCUT2D eigenvalue weighted by Crippen LogP contribution is 2.40. The number of carbonyl (C=O) groups excluding carboxylic acids is 1.